The van der Waals surface area contributed by atoms with Crippen molar-refractivity contribution in [1.82, 2.24) is 18.7 Å². The summed E-state index contributed by atoms with van der Waals surface area (Å²) in [6, 6.07) is 7.88. The minimum atomic E-state index is -0.325. The van der Waals surface area contributed by atoms with Crippen LogP contribution in [0.15, 0.2) is 33.9 Å². The minimum Gasteiger partial charge on any atom is -0.490 e. The van der Waals surface area contributed by atoms with Crippen LogP contribution in [0.25, 0.3) is 23.3 Å². The molecule has 1 aromatic carbocycles. The Labute approximate surface area is 180 Å². The lowest BCUT2D eigenvalue weighted by atomic mass is 10.1. The van der Waals surface area contributed by atoms with E-state index in [2.05, 4.69) is 4.98 Å². The SMILES string of the molecule is CCn1c(=O)c2c(nc(C=Cc3cccc(OC4CCOCC4)c3)n2C)n(CC)c1=O. The molecular formula is C23H28N4O4. The third kappa shape index (κ3) is 4.07. The lowest BCUT2D eigenvalue weighted by Gasteiger charge is -2.23. The fraction of sp³-hybridized carbons (Fsp3) is 0.435. The summed E-state index contributed by atoms with van der Waals surface area (Å²) < 4.78 is 16.0. The van der Waals surface area contributed by atoms with Gasteiger partial charge in [-0.1, -0.05) is 18.2 Å². The molecule has 0 spiro atoms. The summed E-state index contributed by atoms with van der Waals surface area (Å²) in [5, 5.41) is 0. The van der Waals surface area contributed by atoms with Crippen molar-refractivity contribution in [2.24, 2.45) is 7.05 Å². The van der Waals surface area contributed by atoms with Crippen molar-refractivity contribution in [3.63, 3.8) is 0 Å². The zero-order chi connectivity index (χ0) is 22.0. The molecule has 8 heteroatoms. The molecule has 3 aromatic rings. The van der Waals surface area contributed by atoms with Crippen LogP contribution in [0.1, 0.15) is 38.1 Å². The van der Waals surface area contributed by atoms with Crippen LogP contribution in [0.4, 0.5) is 0 Å². The summed E-state index contributed by atoms with van der Waals surface area (Å²) in [6.07, 6.45) is 5.76. The number of fused-ring (bicyclic) bond motifs is 1. The Balaban J connectivity index is 1.67. The van der Waals surface area contributed by atoms with Gasteiger partial charge in [0.25, 0.3) is 5.56 Å². The van der Waals surface area contributed by atoms with E-state index in [1.807, 2.05) is 43.3 Å². The molecule has 0 radical (unpaired) electrons. The van der Waals surface area contributed by atoms with Crippen LogP contribution < -0.4 is 16.0 Å². The summed E-state index contributed by atoms with van der Waals surface area (Å²) in [4.78, 5) is 30.0. The van der Waals surface area contributed by atoms with Crippen molar-refractivity contribution in [2.45, 2.75) is 45.9 Å². The Bertz CT molecular complexity index is 1230. The number of rotatable bonds is 6. The molecule has 0 aliphatic carbocycles. The van der Waals surface area contributed by atoms with Crippen LogP contribution in [0.2, 0.25) is 0 Å². The molecule has 3 heterocycles. The van der Waals surface area contributed by atoms with E-state index in [9.17, 15) is 9.59 Å². The average molecular weight is 425 g/mol. The second-order valence-electron chi connectivity index (χ2n) is 7.61. The first-order chi connectivity index (χ1) is 15.0. The minimum absolute atomic E-state index is 0.180. The highest BCUT2D eigenvalue weighted by molar-refractivity contribution is 5.76. The molecule has 0 atom stereocenters. The quantitative estimate of drug-likeness (QED) is 0.608. The van der Waals surface area contributed by atoms with Crippen LogP contribution in [-0.2, 0) is 24.9 Å². The van der Waals surface area contributed by atoms with E-state index in [1.54, 1.807) is 23.1 Å². The van der Waals surface area contributed by atoms with E-state index >= 15 is 0 Å². The van der Waals surface area contributed by atoms with Crippen molar-refractivity contribution >= 4 is 23.3 Å². The number of hydrogen-bond acceptors (Lipinski definition) is 5. The zero-order valence-corrected chi connectivity index (χ0v) is 18.2. The highest BCUT2D eigenvalue weighted by atomic mass is 16.5. The molecule has 2 aromatic heterocycles. The van der Waals surface area contributed by atoms with E-state index in [0.717, 1.165) is 37.4 Å². The van der Waals surface area contributed by atoms with Gasteiger partial charge in [0.1, 0.15) is 17.7 Å². The Morgan fingerprint density at radius 1 is 1.13 bits per heavy atom. The van der Waals surface area contributed by atoms with Crippen molar-refractivity contribution in [3.8, 4) is 5.75 Å². The second-order valence-corrected chi connectivity index (χ2v) is 7.61. The Morgan fingerprint density at radius 2 is 1.87 bits per heavy atom. The van der Waals surface area contributed by atoms with Gasteiger partial charge in [-0.2, -0.15) is 0 Å². The molecule has 0 saturated carbocycles. The van der Waals surface area contributed by atoms with E-state index in [-0.39, 0.29) is 17.4 Å². The lowest BCUT2D eigenvalue weighted by molar-refractivity contribution is 0.0255. The molecule has 8 nitrogen and oxygen atoms in total. The van der Waals surface area contributed by atoms with Gasteiger partial charge in [0.15, 0.2) is 11.2 Å². The van der Waals surface area contributed by atoms with Crippen LogP contribution in [0.3, 0.4) is 0 Å². The number of benzene rings is 1. The maximum Gasteiger partial charge on any atom is 0.332 e. The first-order valence-electron chi connectivity index (χ1n) is 10.8. The van der Waals surface area contributed by atoms with Crippen molar-refractivity contribution < 1.29 is 9.47 Å². The van der Waals surface area contributed by atoms with Crippen molar-refractivity contribution in [1.29, 1.82) is 0 Å². The van der Waals surface area contributed by atoms with Crippen molar-refractivity contribution in [2.75, 3.05) is 13.2 Å². The molecule has 0 N–H and O–H groups in total. The predicted molar refractivity (Wildman–Crippen MR) is 120 cm³/mol. The summed E-state index contributed by atoms with van der Waals surface area (Å²) in [6.45, 7) is 5.91. The molecule has 0 bridgehead atoms. The molecule has 0 amide bonds. The van der Waals surface area contributed by atoms with Crippen molar-refractivity contribution in [3.05, 3.63) is 56.5 Å². The predicted octanol–water partition coefficient (Wildman–Crippen LogP) is 2.66. The van der Waals surface area contributed by atoms with Gasteiger partial charge in [-0.15, -0.1) is 0 Å². The molecule has 31 heavy (non-hydrogen) atoms. The standard InChI is InChI=1S/C23H28N4O4/c1-4-26-21-20(22(28)27(5-2)23(26)29)25(3)19(24-21)10-9-16-7-6-8-18(15-16)31-17-11-13-30-14-12-17/h6-10,15,17H,4-5,11-14H2,1-3H3. The van der Waals surface area contributed by atoms with Gasteiger partial charge >= 0.3 is 5.69 Å². The largest absolute Gasteiger partial charge is 0.490 e. The van der Waals surface area contributed by atoms with E-state index in [0.29, 0.717) is 30.1 Å². The lowest BCUT2D eigenvalue weighted by Crippen LogP contribution is -2.39. The topological polar surface area (TPSA) is 80.3 Å². The maximum absolute atomic E-state index is 12.8. The van der Waals surface area contributed by atoms with Crippen LogP contribution in [0.5, 0.6) is 5.75 Å². The first kappa shape index (κ1) is 21.1. The normalized spacial score (nSPS) is 15.2. The zero-order valence-electron chi connectivity index (χ0n) is 18.2. The van der Waals surface area contributed by atoms with Crippen LogP contribution in [0, 0.1) is 0 Å². The average Bonchev–Trinajstić information content (AvgIpc) is 3.10. The summed E-state index contributed by atoms with van der Waals surface area (Å²) in [5.41, 5.74) is 1.18. The van der Waals surface area contributed by atoms with Gasteiger partial charge in [0, 0.05) is 33.0 Å². The summed E-state index contributed by atoms with van der Waals surface area (Å²) in [5.74, 6) is 1.43. The number of hydrogen-bond donors (Lipinski definition) is 0. The molecule has 1 aliphatic rings. The molecule has 1 saturated heterocycles. The molecule has 1 aliphatic heterocycles. The third-order valence-electron chi connectivity index (χ3n) is 5.66. The summed E-state index contributed by atoms with van der Waals surface area (Å²) in [7, 11) is 1.80. The first-order valence-corrected chi connectivity index (χ1v) is 10.8. The van der Waals surface area contributed by atoms with Gasteiger partial charge < -0.3 is 14.0 Å². The fourth-order valence-corrected chi connectivity index (χ4v) is 3.94. The van der Waals surface area contributed by atoms with Crippen LogP contribution >= 0.6 is 0 Å². The number of aromatic nitrogens is 4. The van der Waals surface area contributed by atoms with Gasteiger partial charge in [-0.05, 0) is 37.6 Å². The van der Waals surface area contributed by atoms with E-state index < -0.39 is 0 Å². The molecular weight excluding hydrogens is 396 g/mol. The molecule has 4 rings (SSSR count). The van der Waals surface area contributed by atoms with Gasteiger partial charge in [-0.3, -0.25) is 13.9 Å². The maximum atomic E-state index is 12.8. The van der Waals surface area contributed by atoms with Crippen LogP contribution in [-0.4, -0.2) is 38.0 Å². The van der Waals surface area contributed by atoms with Gasteiger partial charge in [-0.25, -0.2) is 9.78 Å². The Hall–Kier alpha value is -3.13. The van der Waals surface area contributed by atoms with Gasteiger partial charge in [0.05, 0.1) is 13.2 Å². The van der Waals surface area contributed by atoms with E-state index in [1.165, 1.54) is 4.57 Å². The smallest absolute Gasteiger partial charge is 0.332 e. The fourth-order valence-electron chi connectivity index (χ4n) is 3.94. The number of imidazole rings is 1. The highest BCUT2D eigenvalue weighted by Crippen LogP contribution is 2.21. The molecule has 164 valence electrons. The second kappa shape index (κ2) is 8.93. The number of nitrogens with zero attached hydrogens (tertiary/aromatic N) is 4. The Morgan fingerprint density at radius 3 is 2.58 bits per heavy atom. The van der Waals surface area contributed by atoms with E-state index in [4.69, 9.17) is 9.47 Å². The third-order valence-corrected chi connectivity index (χ3v) is 5.66. The number of aryl methyl sites for hydroxylation is 2. The summed E-state index contributed by atoms with van der Waals surface area (Å²) >= 11 is 0. The van der Waals surface area contributed by atoms with Gasteiger partial charge in [0.2, 0.25) is 0 Å². The monoisotopic (exact) mass is 424 g/mol. The highest BCUT2D eigenvalue weighted by Gasteiger charge is 2.18. The number of ether oxygens (including phenoxy) is 2. The Kier molecular flexibility index (Phi) is 6.08. The molecule has 1 fully saturated rings. The molecule has 0 unspecified atom stereocenters.